The molecule has 0 bridgehead atoms. The molecule has 1 aromatic carbocycles. The quantitative estimate of drug-likeness (QED) is 0.652. The van der Waals surface area contributed by atoms with Crippen LogP contribution in [0.3, 0.4) is 0 Å². The van der Waals surface area contributed by atoms with E-state index in [4.69, 9.17) is 5.73 Å². The Kier molecular flexibility index (Phi) is 3.56. The van der Waals surface area contributed by atoms with Crippen LogP contribution in [-0.2, 0) is 6.18 Å². The Morgan fingerprint density at radius 3 is 2.38 bits per heavy atom. The first-order valence-corrected chi connectivity index (χ1v) is 4.19. The van der Waals surface area contributed by atoms with Crippen LogP contribution in [0.15, 0.2) is 18.2 Å². The first-order chi connectivity index (χ1) is 7.32. The number of anilines is 1. The Hall–Kier alpha value is -1.53. The lowest BCUT2D eigenvalue weighted by Gasteiger charge is -2.13. The number of hydrogen-bond donors (Lipinski definition) is 1. The van der Waals surface area contributed by atoms with E-state index in [0.717, 1.165) is 18.2 Å². The third-order valence-electron chi connectivity index (χ3n) is 1.74. The van der Waals surface area contributed by atoms with Crippen molar-refractivity contribution in [2.75, 3.05) is 12.3 Å². The summed E-state index contributed by atoms with van der Waals surface area (Å²) in [6.07, 6.45) is -7.40. The van der Waals surface area contributed by atoms with E-state index in [1.54, 1.807) is 0 Å². The highest BCUT2D eigenvalue weighted by Crippen LogP contribution is 2.37. The molecule has 2 N–H and O–H groups in total. The highest BCUT2D eigenvalue weighted by molar-refractivity contribution is 5.59. The number of halogens is 5. The number of alkyl halides is 5. The lowest BCUT2D eigenvalue weighted by atomic mass is 10.1. The second-order valence-electron chi connectivity index (χ2n) is 2.92. The van der Waals surface area contributed by atoms with Crippen molar-refractivity contribution in [3.05, 3.63) is 23.8 Å². The van der Waals surface area contributed by atoms with Gasteiger partial charge in [0.1, 0.15) is 12.4 Å². The van der Waals surface area contributed by atoms with Crippen LogP contribution in [0.4, 0.5) is 27.6 Å². The molecule has 90 valence electrons. The minimum Gasteiger partial charge on any atom is -0.485 e. The number of nitrogens with two attached hydrogens (primary N) is 1. The molecule has 0 aliphatic carbocycles. The zero-order chi connectivity index (χ0) is 12.3. The number of hydrogen-bond acceptors (Lipinski definition) is 2. The van der Waals surface area contributed by atoms with E-state index in [2.05, 4.69) is 4.74 Å². The molecule has 0 atom stereocenters. The van der Waals surface area contributed by atoms with Gasteiger partial charge in [0.25, 0.3) is 6.43 Å². The van der Waals surface area contributed by atoms with Crippen molar-refractivity contribution in [3.63, 3.8) is 0 Å². The van der Waals surface area contributed by atoms with Gasteiger partial charge in [-0.05, 0) is 12.1 Å². The second kappa shape index (κ2) is 4.54. The highest BCUT2D eigenvalue weighted by atomic mass is 19.4. The van der Waals surface area contributed by atoms with Crippen LogP contribution in [-0.4, -0.2) is 13.0 Å². The fourth-order valence-electron chi connectivity index (χ4n) is 1.07. The molecule has 0 fully saturated rings. The Bertz CT molecular complexity index is 363. The van der Waals surface area contributed by atoms with Crippen molar-refractivity contribution in [3.8, 4) is 5.75 Å². The van der Waals surface area contributed by atoms with Crippen molar-refractivity contribution in [1.29, 1.82) is 0 Å². The minimum atomic E-state index is -4.63. The zero-order valence-corrected chi connectivity index (χ0v) is 7.89. The fraction of sp³-hybridized carbons (Fsp3) is 0.333. The smallest absolute Gasteiger partial charge is 0.418 e. The van der Waals surface area contributed by atoms with Crippen molar-refractivity contribution in [2.24, 2.45) is 0 Å². The molecule has 0 saturated carbocycles. The largest absolute Gasteiger partial charge is 0.485 e. The summed E-state index contributed by atoms with van der Waals surface area (Å²) in [6, 6.07) is 2.90. The zero-order valence-electron chi connectivity index (χ0n) is 7.89. The SMILES string of the molecule is Nc1c(OCC(F)F)cccc1C(F)(F)F. The Morgan fingerprint density at radius 1 is 1.25 bits per heavy atom. The molecule has 7 heteroatoms. The molecule has 16 heavy (non-hydrogen) atoms. The van der Waals surface area contributed by atoms with Gasteiger partial charge in [0.2, 0.25) is 0 Å². The van der Waals surface area contributed by atoms with E-state index in [9.17, 15) is 22.0 Å². The van der Waals surface area contributed by atoms with Crippen LogP contribution in [0.25, 0.3) is 0 Å². The van der Waals surface area contributed by atoms with Crippen LogP contribution in [0.2, 0.25) is 0 Å². The second-order valence-corrected chi connectivity index (χ2v) is 2.92. The number of nitrogen functional groups attached to an aromatic ring is 1. The van der Waals surface area contributed by atoms with Crippen molar-refractivity contribution >= 4 is 5.69 Å². The van der Waals surface area contributed by atoms with Gasteiger partial charge in [-0.25, -0.2) is 8.78 Å². The van der Waals surface area contributed by atoms with Gasteiger partial charge in [-0.3, -0.25) is 0 Å². The molecule has 0 aliphatic heterocycles. The third kappa shape index (κ3) is 2.98. The predicted molar refractivity (Wildman–Crippen MR) is 47.4 cm³/mol. The van der Waals surface area contributed by atoms with Gasteiger partial charge in [0.15, 0.2) is 0 Å². The fourth-order valence-corrected chi connectivity index (χ4v) is 1.07. The maximum Gasteiger partial charge on any atom is 0.418 e. The van der Waals surface area contributed by atoms with Crippen LogP contribution < -0.4 is 10.5 Å². The summed E-state index contributed by atoms with van der Waals surface area (Å²) in [5, 5.41) is 0. The lowest BCUT2D eigenvalue weighted by Crippen LogP contribution is -2.12. The maximum absolute atomic E-state index is 12.3. The third-order valence-corrected chi connectivity index (χ3v) is 1.74. The van der Waals surface area contributed by atoms with E-state index in [0.29, 0.717) is 0 Å². The van der Waals surface area contributed by atoms with Gasteiger partial charge in [-0.15, -0.1) is 0 Å². The van der Waals surface area contributed by atoms with Crippen LogP contribution in [0.1, 0.15) is 5.56 Å². The molecule has 0 saturated heterocycles. The molecule has 1 aromatic rings. The minimum absolute atomic E-state index is 0.393. The van der Waals surface area contributed by atoms with Gasteiger partial charge in [0.05, 0.1) is 11.3 Å². The molecule has 0 heterocycles. The molecule has 0 radical (unpaired) electrons. The first-order valence-electron chi connectivity index (χ1n) is 4.19. The molecule has 0 aliphatic rings. The van der Waals surface area contributed by atoms with Crippen LogP contribution in [0, 0.1) is 0 Å². The summed E-state index contributed by atoms with van der Waals surface area (Å²) >= 11 is 0. The number of rotatable bonds is 3. The molecular weight excluding hydrogens is 233 g/mol. The molecule has 0 unspecified atom stereocenters. The van der Waals surface area contributed by atoms with Crippen molar-refractivity contribution in [2.45, 2.75) is 12.6 Å². The van der Waals surface area contributed by atoms with E-state index in [1.807, 2.05) is 0 Å². The van der Waals surface area contributed by atoms with Crippen LogP contribution in [0.5, 0.6) is 5.75 Å². The van der Waals surface area contributed by atoms with Gasteiger partial charge in [-0.2, -0.15) is 13.2 Å². The predicted octanol–water partition coefficient (Wildman–Crippen LogP) is 2.93. The highest BCUT2D eigenvalue weighted by Gasteiger charge is 2.33. The lowest BCUT2D eigenvalue weighted by molar-refractivity contribution is -0.137. The molecular formula is C9H8F5NO. The normalized spacial score (nSPS) is 11.9. The van der Waals surface area contributed by atoms with E-state index in [-0.39, 0.29) is 0 Å². The summed E-state index contributed by atoms with van der Waals surface area (Å²) in [6.45, 7) is -0.995. The summed E-state index contributed by atoms with van der Waals surface area (Å²) in [5.41, 5.74) is 3.38. The summed E-state index contributed by atoms with van der Waals surface area (Å²) in [5.74, 6) is -0.393. The summed E-state index contributed by atoms with van der Waals surface area (Å²) in [7, 11) is 0. The molecule has 2 nitrogen and oxygen atoms in total. The van der Waals surface area contributed by atoms with Crippen LogP contribution >= 0.6 is 0 Å². The number of para-hydroxylation sites is 1. The number of benzene rings is 1. The van der Waals surface area contributed by atoms with Gasteiger partial charge < -0.3 is 10.5 Å². The van der Waals surface area contributed by atoms with Gasteiger partial charge >= 0.3 is 6.18 Å². The summed E-state index contributed by atoms with van der Waals surface area (Å²) < 4.78 is 65.1. The molecule has 0 spiro atoms. The van der Waals surface area contributed by atoms with E-state index >= 15 is 0 Å². The average molecular weight is 241 g/mol. The standard InChI is InChI=1S/C9H8F5NO/c10-7(11)4-16-6-3-1-2-5(8(6)15)9(12,13)14/h1-3,7H,4,15H2. The first kappa shape index (κ1) is 12.5. The van der Waals surface area contributed by atoms with E-state index < -0.39 is 36.2 Å². The van der Waals surface area contributed by atoms with Gasteiger partial charge in [0, 0.05) is 0 Å². The number of ether oxygens (including phenoxy) is 1. The Balaban J connectivity index is 2.96. The monoisotopic (exact) mass is 241 g/mol. The average Bonchev–Trinajstić information content (AvgIpc) is 2.14. The van der Waals surface area contributed by atoms with Crippen molar-refractivity contribution < 1.29 is 26.7 Å². The Morgan fingerprint density at radius 2 is 1.88 bits per heavy atom. The molecule has 0 aromatic heterocycles. The van der Waals surface area contributed by atoms with E-state index in [1.165, 1.54) is 0 Å². The molecule has 1 rings (SSSR count). The molecule has 0 amide bonds. The summed E-state index contributed by atoms with van der Waals surface area (Å²) in [4.78, 5) is 0. The Labute approximate surface area is 87.8 Å². The maximum atomic E-state index is 12.3. The topological polar surface area (TPSA) is 35.2 Å². The van der Waals surface area contributed by atoms with Gasteiger partial charge in [-0.1, -0.05) is 6.07 Å². The van der Waals surface area contributed by atoms with Crippen molar-refractivity contribution in [1.82, 2.24) is 0 Å².